The first kappa shape index (κ1) is 13.1. The van der Waals surface area contributed by atoms with Crippen molar-refractivity contribution >= 4 is 11.8 Å². The molecule has 0 bridgehead atoms. The molecule has 0 radical (unpaired) electrons. The Morgan fingerprint density at radius 2 is 2.00 bits per heavy atom. The zero-order chi connectivity index (χ0) is 14.6. The first-order valence-electron chi connectivity index (χ1n) is 8.02. The maximum atomic E-state index is 12.3. The molecule has 0 spiro atoms. The lowest BCUT2D eigenvalue weighted by molar-refractivity contribution is -0.151. The summed E-state index contributed by atoms with van der Waals surface area (Å²) in [5.41, 5.74) is 2.59. The van der Waals surface area contributed by atoms with Crippen molar-refractivity contribution in [3.63, 3.8) is 0 Å². The lowest BCUT2D eigenvalue weighted by Gasteiger charge is -2.52. The summed E-state index contributed by atoms with van der Waals surface area (Å²) >= 11 is 0. The van der Waals surface area contributed by atoms with Crippen LogP contribution in [-0.2, 0) is 16.0 Å². The van der Waals surface area contributed by atoms with E-state index in [9.17, 15) is 9.59 Å². The summed E-state index contributed by atoms with van der Waals surface area (Å²) < 4.78 is 0. The largest absolute Gasteiger partial charge is 0.296 e. The topological polar surface area (TPSA) is 46.2 Å². The van der Waals surface area contributed by atoms with Crippen molar-refractivity contribution in [3.8, 4) is 0 Å². The number of rotatable bonds is 0. The minimum absolute atomic E-state index is 0.0407. The van der Waals surface area contributed by atoms with E-state index in [1.807, 2.05) is 0 Å². The summed E-state index contributed by atoms with van der Waals surface area (Å²) in [5, 5.41) is 2.56. The monoisotopic (exact) mass is 283 g/mol. The SMILES string of the molecule is CC12CCC3c4ccccc4CCC3C1CC(=O)NC2=O. The molecule has 3 heteroatoms. The van der Waals surface area contributed by atoms with Gasteiger partial charge in [0.1, 0.15) is 0 Å². The van der Waals surface area contributed by atoms with Gasteiger partial charge in [0.15, 0.2) is 0 Å². The van der Waals surface area contributed by atoms with E-state index in [0.29, 0.717) is 18.3 Å². The molecule has 2 fully saturated rings. The zero-order valence-electron chi connectivity index (χ0n) is 12.4. The maximum Gasteiger partial charge on any atom is 0.232 e. The molecule has 2 aliphatic carbocycles. The van der Waals surface area contributed by atoms with E-state index in [1.54, 1.807) is 0 Å². The molecule has 1 aliphatic heterocycles. The molecule has 1 aromatic carbocycles. The van der Waals surface area contributed by atoms with Gasteiger partial charge in [-0.25, -0.2) is 0 Å². The Morgan fingerprint density at radius 3 is 2.86 bits per heavy atom. The maximum absolute atomic E-state index is 12.3. The van der Waals surface area contributed by atoms with Crippen molar-refractivity contribution in [2.24, 2.45) is 17.3 Å². The summed E-state index contributed by atoms with van der Waals surface area (Å²) in [4.78, 5) is 24.2. The van der Waals surface area contributed by atoms with E-state index in [0.717, 1.165) is 25.7 Å². The number of fused-ring (bicyclic) bond motifs is 5. The van der Waals surface area contributed by atoms with Gasteiger partial charge in [0, 0.05) is 6.42 Å². The van der Waals surface area contributed by atoms with Crippen LogP contribution in [0, 0.1) is 17.3 Å². The fraction of sp³-hybridized carbons (Fsp3) is 0.556. The lowest BCUT2D eigenvalue weighted by atomic mass is 9.52. The molecule has 0 aromatic heterocycles. The molecule has 21 heavy (non-hydrogen) atoms. The quantitative estimate of drug-likeness (QED) is 0.744. The van der Waals surface area contributed by atoms with Gasteiger partial charge in [-0.1, -0.05) is 31.2 Å². The number of amides is 2. The zero-order valence-corrected chi connectivity index (χ0v) is 12.4. The first-order valence-corrected chi connectivity index (χ1v) is 8.02. The van der Waals surface area contributed by atoms with Crippen molar-refractivity contribution in [2.75, 3.05) is 0 Å². The Kier molecular flexibility index (Phi) is 2.75. The third-order valence-electron chi connectivity index (χ3n) is 6.21. The van der Waals surface area contributed by atoms with Crippen LogP contribution in [0.15, 0.2) is 24.3 Å². The Morgan fingerprint density at radius 1 is 1.19 bits per heavy atom. The second-order valence-corrected chi connectivity index (χ2v) is 7.15. The number of imide groups is 1. The first-order chi connectivity index (χ1) is 10.1. The third kappa shape index (κ3) is 1.79. The minimum atomic E-state index is -0.346. The van der Waals surface area contributed by atoms with Crippen molar-refractivity contribution in [1.82, 2.24) is 5.32 Å². The summed E-state index contributed by atoms with van der Waals surface area (Å²) in [6.07, 6.45) is 4.68. The van der Waals surface area contributed by atoms with E-state index < -0.39 is 0 Å². The number of aryl methyl sites for hydroxylation is 1. The average molecular weight is 283 g/mol. The molecule has 4 atom stereocenters. The highest BCUT2D eigenvalue weighted by Crippen LogP contribution is 2.56. The lowest BCUT2D eigenvalue weighted by Crippen LogP contribution is -2.57. The van der Waals surface area contributed by atoms with Crippen LogP contribution in [-0.4, -0.2) is 11.8 Å². The number of hydrogen-bond acceptors (Lipinski definition) is 2. The number of nitrogens with one attached hydrogen (secondary N) is 1. The van der Waals surface area contributed by atoms with Gasteiger partial charge >= 0.3 is 0 Å². The smallest absolute Gasteiger partial charge is 0.232 e. The predicted octanol–water partition coefficient (Wildman–Crippen LogP) is 2.80. The Labute approximate surface area is 125 Å². The van der Waals surface area contributed by atoms with Gasteiger partial charge in [-0.2, -0.15) is 0 Å². The number of carbonyl (C=O) groups is 2. The minimum Gasteiger partial charge on any atom is -0.296 e. The fourth-order valence-electron chi connectivity index (χ4n) is 5.02. The van der Waals surface area contributed by atoms with Crippen LogP contribution in [0.3, 0.4) is 0 Å². The second kappa shape index (κ2) is 4.43. The highest BCUT2D eigenvalue weighted by molar-refractivity contribution is 6.01. The van der Waals surface area contributed by atoms with Crippen molar-refractivity contribution < 1.29 is 9.59 Å². The average Bonchev–Trinajstić information content (AvgIpc) is 2.48. The van der Waals surface area contributed by atoms with Crippen LogP contribution in [0.1, 0.15) is 49.7 Å². The summed E-state index contributed by atoms with van der Waals surface area (Å²) in [6, 6.07) is 8.72. The molecule has 3 nitrogen and oxygen atoms in total. The van der Waals surface area contributed by atoms with E-state index >= 15 is 0 Å². The predicted molar refractivity (Wildman–Crippen MR) is 79.6 cm³/mol. The van der Waals surface area contributed by atoms with E-state index in [4.69, 9.17) is 0 Å². The summed E-state index contributed by atoms with van der Waals surface area (Å²) in [6.45, 7) is 2.07. The van der Waals surface area contributed by atoms with Gasteiger partial charge in [-0.15, -0.1) is 0 Å². The van der Waals surface area contributed by atoms with Gasteiger partial charge in [-0.05, 0) is 54.6 Å². The van der Waals surface area contributed by atoms with Crippen LogP contribution in [0.2, 0.25) is 0 Å². The molecular weight excluding hydrogens is 262 g/mol. The number of piperidine rings is 1. The Balaban J connectivity index is 1.74. The Hall–Kier alpha value is -1.64. The van der Waals surface area contributed by atoms with Crippen molar-refractivity contribution in [2.45, 2.75) is 44.9 Å². The molecule has 4 unspecified atom stereocenters. The highest BCUT2D eigenvalue weighted by Gasteiger charge is 2.54. The van der Waals surface area contributed by atoms with Gasteiger partial charge in [0.2, 0.25) is 11.8 Å². The van der Waals surface area contributed by atoms with Gasteiger partial charge in [0.25, 0.3) is 0 Å². The molecule has 1 heterocycles. The summed E-state index contributed by atoms with van der Waals surface area (Å²) in [7, 11) is 0. The molecule has 110 valence electrons. The van der Waals surface area contributed by atoms with Gasteiger partial charge in [0.05, 0.1) is 5.41 Å². The van der Waals surface area contributed by atoms with Gasteiger partial charge < -0.3 is 0 Å². The van der Waals surface area contributed by atoms with Crippen LogP contribution in [0.25, 0.3) is 0 Å². The normalized spacial score (nSPS) is 38.0. The molecule has 1 saturated carbocycles. The summed E-state index contributed by atoms with van der Waals surface area (Å²) in [5.74, 6) is 1.11. The van der Waals surface area contributed by atoms with Crippen LogP contribution >= 0.6 is 0 Å². The van der Waals surface area contributed by atoms with Crippen molar-refractivity contribution in [3.05, 3.63) is 35.4 Å². The standard InChI is InChI=1S/C18H21NO2/c1-18-9-8-13-12-5-3-2-4-11(12)6-7-14(13)15(18)10-16(20)19-17(18)21/h2-5,13-15H,6-10H2,1H3,(H,19,20,21). The third-order valence-corrected chi connectivity index (χ3v) is 6.21. The number of carbonyl (C=O) groups excluding carboxylic acids is 2. The van der Waals surface area contributed by atoms with Crippen LogP contribution < -0.4 is 5.32 Å². The van der Waals surface area contributed by atoms with E-state index in [1.165, 1.54) is 11.1 Å². The molecule has 1 aromatic rings. The molecule has 4 rings (SSSR count). The van der Waals surface area contributed by atoms with Crippen molar-refractivity contribution in [1.29, 1.82) is 0 Å². The highest BCUT2D eigenvalue weighted by atomic mass is 16.2. The molecule has 3 aliphatic rings. The number of benzene rings is 1. The molecule has 1 saturated heterocycles. The Bertz CT molecular complexity index is 623. The van der Waals surface area contributed by atoms with E-state index in [-0.39, 0.29) is 23.1 Å². The number of hydrogen-bond donors (Lipinski definition) is 1. The second-order valence-electron chi connectivity index (χ2n) is 7.15. The fourth-order valence-corrected chi connectivity index (χ4v) is 5.02. The molecular formula is C18H21NO2. The van der Waals surface area contributed by atoms with Crippen LogP contribution in [0.5, 0.6) is 0 Å². The van der Waals surface area contributed by atoms with Gasteiger partial charge in [-0.3, -0.25) is 14.9 Å². The van der Waals surface area contributed by atoms with E-state index in [2.05, 4.69) is 36.5 Å². The molecule has 2 amide bonds. The van der Waals surface area contributed by atoms with Crippen LogP contribution in [0.4, 0.5) is 0 Å². The molecule has 1 N–H and O–H groups in total.